The number of halogens is 8. The van der Waals surface area contributed by atoms with E-state index in [1.165, 1.54) is 103 Å². The topological polar surface area (TPSA) is 360 Å². The third-order valence-electron chi connectivity index (χ3n) is 23.9. The second kappa shape index (κ2) is 50.5. The van der Waals surface area contributed by atoms with Crippen LogP contribution in [0, 0.1) is 29.1 Å². The Kier molecular flexibility index (Phi) is 38.3. The predicted molar refractivity (Wildman–Crippen MR) is 529 cm³/mol. The number of methoxy groups -OCH3 is 8. The van der Waals surface area contributed by atoms with Crippen LogP contribution in [0.5, 0.6) is 51.7 Å². The fraction of sp³-hybridized carbons (Fsp3) is 0.324. The third kappa shape index (κ3) is 26.7. The number of amides is 5. The highest BCUT2D eigenvalue weighted by Gasteiger charge is 2.49. The molecule has 5 saturated heterocycles. The van der Waals surface area contributed by atoms with Gasteiger partial charge in [-0.05, 0) is 206 Å². The number of cyclic esters (lactones) is 5. The van der Waals surface area contributed by atoms with Crippen molar-refractivity contribution in [2.45, 2.75) is 136 Å². The average Bonchev–Trinajstić information content (AvgIpc) is 1.76. The first-order valence-corrected chi connectivity index (χ1v) is 47.3. The van der Waals surface area contributed by atoms with Gasteiger partial charge in [-0.2, -0.15) is 21.6 Å². The lowest BCUT2D eigenvalue weighted by Gasteiger charge is -2.16. The lowest BCUT2D eigenvalue weighted by atomic mass is 10.0. The first-order chi connectivity index (χ1) is 69.5. The van der Waals surface area contributed by atoms with Crippen LogP contribution in [0.25, 0.3) is 66.1 Å². The number of benzene rings is 11. The van der Waals surface area contributed by atoms with Gasteiger partial charge in [-0.25, -0.2) is 45.9 Å². The summed E-state index contributed by atoms with van der Waals surface area (Å²) in [4.78, 5) is 69.7. The molecule has 0 unspecified atom stereocenters. The van der Waals surface area contributed by atoms with Crippen molar-refractivity contribution in [2.24, 2.45) is 10.8 Å². The van der Waals surface area contributed by atoms with Gasteiger partial charge in [0.05, 0.1) is 131 Å². The first kappa shape index (κ1) is 110. The second-order valence-electron chi connectivity index (χ2n) is 32.8. The number of alkyl halides is 3. The van der Waals surface area contributed by atoms with Gasteiger partial charge in [0, 0.05) is 79.2 Å². The van der Waals surface area contributed by atoms with Gasteiger partial charge in [0.1, 0.15) is 99.9 Å². The van der Waals surface area contributed by atoms with Crippen molar-refractivity contribution in [3.05, 3.63) is 262 Å². The number of nitrogens with zero attached hydrogens (tertiary/aromatic N) is 8. The van der Waals surface area contributed by atoms with Crippen molar-refractivity contribution in [1.29, 1.82) is 0 Å². The number of hydrogen-bond donors (Lipinski definition) is 2. The van der Waals surface area contributed by atoms with Gasteiger partial charge < -0.3 is 76.6 Å². The van der Waals surface area contributed by atoms with E-state index in [4.69, 9.17) is 72.8 Å². The molecule has 0 bridgehead atoms. The SMILES string of the molecule is CC[C@H]1CN(c2ccc(-c3ccc(CN)cc3OC)c(F)c2)C(=O)O1.CC[C@H]1CN(c2ccc(-c3ccc(CN=[N+]=[N-])cc3OC)c(F)c2)C(=O)O1.CC[C@H]1CN(c2ccc(-c3ccc(CO)cc3OC)c(F)c2)C(=O)O1.CC[C@H]1CN(c2ccc(-c3ccc(OC)cc3OC)c(F)c2)C(=O)O1.CCc1ccc(-c2ccc(N3C[C@H](CC)OC3=O)cc2F)c(OC)c1.COc1ccc(OS(=O)(=O)C(F)(F)F)c(OC)c1. The molecule has 11 aromatic rings. The van der Waals surface area contributed by atoms with Crippen LogP contribution in [0.4, 0.5) is 87.5 Å². The molecular weight excluding hydrogens is 1920 g/mol. The Morgan fingerprint density at radius 3 is 0.869 bits per heavy atom. The molecule has 770 valence electrons. The molecular formula is C105H111F8N9O22S. The summed E-state index contributed by atoms with van der Waals surface area (Å²) in [5, 5.41) is 12.7. The largest absolute Gasteiger partial charge is 0.534 e. The number of anilines is 5. The number of azide groups is 1. The molecule has 145 heavy (non-hydrogen) atoms. The van der Waals surface area contributed by atoms with Crippen molar-refractivity contribution in [3.63, 3.8) is 0 Å². The van der Waals surface area contributed by atoms with Gasteiger partial charge in [-0.1, -0.05) is 95.2 Å². The highest BCUT2D eigenvalue weighted by atomic mass is 32.2. The Morgan fingerprint density at radius 1 is 0.352 bits per heavy atom. The molecule has 5 amide bonds. The summed E-state index contributed by atoms with van der Waals surface area (Å²) < 4.78 is 203. The van der Waals surface area contributed by atoms with Crippen LogP contribution in [0.1, 0.15) is 95.9 Å². The van der Waals surface area contributed by atoms with Gasteiger partial charge in [0.25, 0.3) is 0 Å². The van der Waals surface area contributed by atoms with Crippen molar-refractivity contribution < 1.29 is 138 Å². The number of aliphatic hydroxyl groups excluding tert-OH is 1. The highest BCUT2D eigenvalue weighted by molar-refractivity contribution is 7.88. The summed E-state index contributed by atoms with van der Waals surface area (Å²) in [5.74, 6) is 0.608. The Labute approximate surface area is 833 Å². The van der Waals surface area contributed by atoms with Crippen LogP contribution in [0.15, 0.2) is 205 Å². The summed E-state index contributed by atoms with van der Waals surface area (Å²) in [6.45, 7) is 14.4. The molecule has 3 N–H and O–H groups in total. The maximum absolute atomic E-state index is 14.8. The maximum Gasteiger partial charge on any atom is 0.534 e. The summed E-state index contributed by atoms with van der Waals surface area (Å²) in [5.41, 5.74) is 19.5. The van der Waals surface area contributed by atoms with E-state index < -0.39 is 80.9 Å². The molecule has 0 radical (unpaired) electrons. The quantitative estimate of drug-likeness (QED) is 0.00803. The second-order valence-corrected chi connectivity index (χ2v) is 34.3. The van der Waals surface area contributed by atoms with E-state index in [1.54, 1.807) is 142 Å². The molecule has 5 atom stereocenters. The van der Waals surface area contributed by atoms with Crippen LogP contribution in [0.2, 0.25) is 0 Å². The minimum absolute atomic E-state index is 0.117. The zero-order chi connectivity index (χ0) is 105. The summed E-state index contributed by atoms with van der Waals surface area (Å²) in [6.07, 6.45) is 1.49. The molecule has 5 aliphatic heterocycles. The van der Waals surface area contributed by atoms with Crippen molar-refractivity contribution in [3.8, 4) is 107 Å². The number of nitrogens with two attached hydrogens (primary N) is 1. The van der Waals surface area contributed by atoms with Gasteiger partial charge >= 0.3 is 46.1 Å². The smallest absolute Gasteiger partial charge is 0.497 e. The van der Waals surface area contributed by atoms with Crippen LogP contribution in [-0.4, -0.2) is 170 Å². The molecule has 5 aliphatic rings. The highest BCUT2D eigenvalue weighted by Crippen LogP contribution is 2.44. The van der Waals surface area contributed by atoms with E-state index in [9.17, 15) is 72.6 Å². The van der Waals surface area contributed by atoms with E-state index in [-0.39, 0.29) is 55.2 Å². The Hall–Kier alpha value is -15.4. The summed E-state index contributed by atoms with van der Waals surface area (Å²) in [7, 11) is 5.96. The molecule has 40 heteroatoms. The molecule has 0 saturated carbocycles. The van der Waals surface area contributed by atoms with Crippen LogP contribution >= 0.6 is 0 Å². The molecule has 0 aromatic heterocycles. The molecule has 16 rings (SSSR count). The van der Waals surface area contributed by atoms with Gasteiger partial charge in [0.2, 0.25) is 0 Å². The van der Waals surface area contributed by atoms with Gasteiger partial charge in [-0.3, -0.25) is 24.5 Å². The van der Waals surface area contributed by atoms with E-state index in [0.29, 0.717) is 170 Å². The Morgan fingerprint density at radius 2 is 0.607 bits per heavy atom. The number of carbonyl (C=O) groups excluding carboxylic acids is 5. The van der Waals surface area contributed by atoms with Crippen molar-refractivity contribution >= 4 is 69.0 Å². The number of hydrogen-bond acceptors (Lipinski definition) is 24. The number of rotatable bonds is 30. The van der Waals surface area contributed by atoms with E-state index in [1.807, 2.05) is 58.9 Å². The third-order valence-corrected chi connectivity index (χ3v) is 24.9. The van der Waals surface area contributed by atoms with E-state index in [0.717, 1.165) is 62.0 Å². The van der Waals surface area contributed by atoms with Crippen LogP contribution in [-0.2, 0) is 59.9 Å². The lowest BCUT2D eigenvalue weighted by molar-refractivity contribution is -0.0500. The molecule has 5 fully saturated rings. The summed E-state index contributed by atoms with van der Waals surface area (Å²) in [6, 6.07) is 53.6. The standard InChI is InChI=1S/C20H22FNO3.C19H19FN4O3.C19H21FN2O3.2C19H20FNO4.C9H9F3O5S/c1-4-13-6-8-17(19(10-13)24-3)16-9-7-14(11-18(16)21)22-12-15(5-2)25-20(22)23;1-3-14-11-24(19(25)27-14)13-5-7-15(17(20)9-13)16-6-4-12(10-22-23-21)8-18(16)26-2;1-3-14-11-22(19(23)25-14)13-5-7-15(17(20)9-13)16-6-4-12(10-21)8-18(16)24-2;1-4-13-11-21(19(22)25-13)12-5-7-15(17(20)9-12)16-8-6-14(23-2)10-18(16)24-3;1-3-14-10-21(19(23)25-14)13-5-7-15(17(20)9-13)16-6-4-12(11-22)8-18(16)24-2;1-15-6-3-4-7(8(5-6)16-2)17-18(13,14)9(10,11)12/h6-11,15H,4-5,12H2,1-3H3;4-9,14H,3,10-11H2,1-2H3;4-9,14H,3,10-11,21H2,1-2H3;5-10,13H,4,11H2,1-3H3;4-9,14,22H,3,10-11H2,1-2H3;3-5H,1-2H3/t15-;2*14-;13-;14-;/m00000./s1. The predicted octanol–water partition coefficient (Wildman–Crippen LogP) is 23.4. The zero-order valence-corrected chi connectivity index (χ0v) is 82.8. The summed E-state index contributed by atoms with van der Waals surface area (Å²) >= 11 is 0. The van der Waals surface area contributed by atoms with Crippen LogP contribution < -0.4 is 72.3 Å². The van der Waals surface area contributed by atoms with E-state index in [2.05, 4.69) is 21.1 Å². The average molecular weight is 2040 g/mol. The number of aliphatic hydroxyl groups is 1. The fourth-order valence-corrected chi connectivity index (χ4v) is 16.2. The molecule has 0 aliphatic carbocycles. The minimum Gasteiger partial charge on any atom is -0.497 e. The molecule has 5 heterocycles. The van der Waals surface area contributed by atoms with Crippen molar-refractivity contribution in [1.82, 2.24) is 0 Å². The number of carbonyl (C=O) groups is 5. The van der Waals surface area contributed by atoms with Gasteiger partial charge in [0.15, 0.2) is 11.5 Å². The molecule has 11 aromatic carbocycles. The number of aryl methyl sites for hydroxylation is 1. The van der Waals surface area contributed by atoms with E-state index >= 15 is 0 Å². The number of ether oxygens (including phenoxy) is 13. The molecule has 0 spiro atoms. The minimum atomic E-state index is -5.72. The Balaban J connectivity index is 0.000000166. The van der Waals surface area contributed by atoms with Gasteiger partial charge in [-0.15, -0.1) is 0 Å². The monoisotopic (exact) mass is 2030 g/mol. The fourth-order valence-electron chi connectivity index (χ4n) is 15.7. The van der Waals surface area contributed by atoms with Crippen molar-refractivity contribution in [2.75, 3.05) is 114 Å². The lowest BCUT2D eigenvalue weighted by Crippen LogP contribution is -2.28. The van der Waals surface area contributed by atoms with Crippen LogP contribution in [0.3, 0.4) is 0 Å². The zero-order valence-electron chi connectivity index (χ0n) is 81.9. The Bertz CT molecular complexity index is 6090. The molecule has 31 nitrogen and oxygen atoms in total. The maximum atomic E-state index is 14.8. The first-order valence-electron chi connectivity index (χ1n) is 45.9. The normalized spacial score (nSPS) is 16.1.